The molecule has 11 heavy (non-hydrogen) atoms. The number of aliphatic hydroxyl groups excluding tert-OH is 1. The average molecular weight is 156 g/mol. The van der Waals surface area contributed by atoms with E-state index < -0.39 is 6.10 Å². The van der Waals surface area contributed by atoms with Crippen molar-refractivity contribution in [1.29, 1.82) is 0 Å². The van der Waals surface area contributed by atoms with Gasteiger partial charge in [0.1, 0.15) is 6.10 Å². The van der Waals surface area contributed by atoms with Gasteiger partial charge in [-0.05, 0) is 6.92 Å². The van der Waals surface area contributed by atoms with Crippen LogP contribution >= 0.6 is 0 Å². The fourth-order valence-corrected chi connectivity index (χ4v) is 1.09. The Hall–Kier alpha value is -0.830. The summed E-state index contributed by atoms with van der Waals surface area (Å²) < 4.78 is 4.91. The van der Waals surface area contributed by atoms with Gasteiger partial charge in [-0.2, -0.15) is 0 Å². The molecule has 2 unspecified atom stereocenters. The first-order valence-corrected chi connectivity index (χ1v) is 3.73. The Labute approximate surface area is 65.7 Å². The lowest BCUT2D eigenvalue weighted by Crippen LogP contribution is -2.23. The van der Waals surface area contributed by atoms with E-state index in [1.807, 2.05) is 0 Å². The van der Waals surface area contributed by atoms with Gasteiger partial charge in [-0.3, -0.25) is 0 Å². The second kappa shape index (κ2) is 3.53. The minimum atomic E-state index is -0.403. The molecule has 1 N–H and O–H groups in total. The van der Waals surface area contributed by atoms with E-state index in [-0.39, 0.29) is 12.1 Å². The Kier molecular flexibility index (Phi) is 2.65. The van der Waals surface area contributed by atoms with Crippen LogP contribution in [0.2, 0.25) is 0 Å². The Balaban J connectivity index is 2.37. The third kappa shape index (κ3) is 2.72. The molecule has 62 valence electrons. The molecule has 1 rings (SSSR count). The number of carbonyl (C=O) groups is 1. The fourth-order valence-electron chi connectivity index (χ4n) is 1.09. The van der Waals surface area contributed by atoms with Crippen molar-refractivity contribution in [2.45, 2.75) is 32.0 Å². The molecule has 1 aliphatic rings. The molecule has 0 radical (unpaired) electrons. The highest BCUT2D eigenvalue weighted by molar-refractivity contribution is 5.82. The molecule has 0 fully saturated rings. The van der Waals surface area contributed by atoms with Crippen LogP contribution in [0, 0.1) is 0 Å². The molecule has 0 amide bonds. The third-order valence-corrected chi connectivity index (χ3v) is 1.54. The maximum absolute atomic E-state index is 10.7. The number of hydrogen-bond acceptors (Lipinski definition) is 3. The van der Waals surface area contributed by atoms with E-state index in [0.717, 1.165) is 6.42 Å². The second-order valence-corrected chi connectivity index (χ2v) is 2.78. The van der Waals surface area contributed by atoms with Gasteiger partial charge in [0.25, 0.3) is 0 Å². The molecule has 0 saturated heterocycles. The molecule has 0 saturated carbocycles. The third-order valence-electron chi connectivity index (χ3n) is 1.54. The van der Waals surface area contributed by atoms with E-state index in [1.165, 1.54) is 6.08 Å². The van der Waals surface area contributed by atoms with Crippen LogP contribution in [-0.2, 0) is 9.53 Å². The van der Waals surface area contributed by atoms with Crippen LogP contribution in [0.1, 0.15) is 19.8 Å². The lowest BCUT2D eigenvalue weighted by atomic mass is 10.1. The molecular formula is C8H12O3. The Morgan fingerprint density at radius 1 is 1.91 bits per heavy atom. The summed E-state index contributed by atoms with van der Waals surface area (Å²) in [6, 6.07) is 0. The minimum absolute atomic E-state index is 0.132. The smallest absolute Gasteiger partial charge is 0.330 e. The molecule has 0 aliphatic carbocycles. The zero-order valence-electron chi connectivity index (χ0n) is 6.49. The summed E-state index contributed by atoms with van der Waals surface area (Å²) in [7, 11) is 0. The lowest BCUT2D eigenvalue weighted by Gasteiger charge is -2.19. The van der Waals surface area contributed by atoms with E-state index in [4.69, 9.17) is 9.84 Å². The summed E-state index contributed by atoms with van der Waals surface area (Å²) in [6.45, 7) is 1.69. The maximum atomic E-state index is 10.7. The van der Waals surface area contributed by atoms with Gasteiger partial charge in [-0.15, -0.1) is 0 Å². The van der Waals surface area contributed by atoms with Crippen LogP contribution in [0.5, 0.6) is 0 Å². The Morgan fingerprint density at radius 2 is 2.64 bits per heavy atom. The Bertz CT molecular complexity index is 172. The number of esters is 1. The van der Waals surface area contributed by atoms with Crippen molar-refractivity contribution in [3.05, 3.63) is 12.2 Å². The molecular weight excluding hydrogens is 144 g/mol. The van der Waals surface area contributed by atoms with Gasteiger partial charge in [0.05, 0.1) is 6.10 Å². The average Bonchev–Trinajstić information content (AvgIpc) is 1.85. The highest BCUT2D eigenvalue weighted by Crippen LogP contribution is 2.12. The van der Waals surface area contributed by atoms with Gasteiger partial charge in [-0.25, -0.2) is 4.79 Å². The molecule has 3 heteroatoms. The fraction of sp³-hybridized carbons (Fsp3) is 0.625. The molecule has 0 spiro atoms. The van der Waals surface area contributed by atoms with Crippen molar-refractivity contribution in [2.75, 3.05) is 0 Å². The van der Waals surface area contributed by atoms with Gasteiger partial charge in [0, 0.05) is 18.9 Å². The molecule has 2 atom stereocenters. The predicted molar refractivity (Wildman–Crippen MR) is 39.9 cm³/mol. The standard InChI is InChI=1S/C8H12O3/c1-6(9)5-7-3-2-4-8(10)11-7/h2,4,6-7,9H,3,5H2,1H3. The molecule has 0 aromatic heterocycles. The summed E-state index contributed by atoms with van der Waals surface area (Å²) >= 11 is 0. The van der Waals surface area contributed by atoms with E-state index in [0.29, 0.717) is 6.42 Å². The van der Waals surface area contributed by atoms with Gasteiger partial charge in [0.15, 0.2) is 0 Å². The monoisotopic (exact) mass is 156 g/mol. The van der Waals surface area contributed by atoms with E-state index in [9.17, 15) is 4.79 Å². The van der Waals surface area contributed by atoms with Crippen molar-refractivity contribution in [2.24, 2.45) is 0 Å². The SMILES string of the molecule is CC(O)CC1CC=CC(=O)O1. The molecule has 1 aliphatic heterocycles. The maximum Gasteiger partial charge on any atom is 0.330 e. The molecule has 0 aromatic carbocycles. The van der Waals surface area contributed by atoms with Crippen molar-refractivity contribution in [3.63, 3.8) is 0 Å². The van der Waals surface area contributed by atoms with Crippen LogP contribution < -0.4 is 0 Å². The minimum Gasteiger partial charge on any atom is -0.459 e. The van der Waals surface area contributed by atoms with Crippen LogP contribution in [0.25, 0.3) is 0 Å². The quantitative estimate of drug-likeness (QED) is 0.596. The summed E-state index contributed by atoms with van der Waals surface area (Å²) in [6.07, 6.45) is 3.90. The van der Waals surface area contributed by atoms with Crippen molar-refractivity contribution < 1.29 is 14.6 Å². The summed E-state index contributed by atoms with van der Waals surface area (Å²) in [5, 5.41) is 8.98. The zero-order valence-corrected chi connectivity index (χ0v) is 6.49. The highest BCUT2D eigenvalue weighted by Gasteiger charge is 2.17. The molecule has 0 aromatic rings. The van der Waals surface area contributed by atoms with Crippen molar-refractivity contribution >= 4 is 5.97 Å². The van der Waals surface area contributed by atoms with Crippen LogP contribution in [0.15, 0.2) is 12.2 Å². The van der Waals surface area contributed by atoms with E-state index in [1.54, 1.807) is 13.0 Å². The number of ether oxygens (including phenoxy) is 1. The van der Waals surface area contributed by atoms with Gasteiger partial charge in [0.2, 0.25) is 0 Å². The van der Waals surface area contributed by atoms with Gasteiger partial charge >= 0.3 is 5.97 Å². The highest BCUT2D eigenvalue weighted by atomic mass is 16.5. The van der Waals surface area contributed by atoms with Crippen molar-refractivity contribution in [3.8, 4) is 0 Å². The summed E-state index contributed by atoms with van der Waals surface area (Å²) in [5.74, 6) is -0.304. The van der Waals surface area contributed by atoms with E-state index in [2.05, 4.69) is 0 Å². The molecule has 0 bridgehead atoms. The number of carbonyl (C=O) groups excluding carboxylic acids is 1. The first-order valence-electron chi connectivity index (χ1n) is 3.73. The molecule has 1 heterocycles. The van der Waals surface area contributed by atoms with E-state index >= 15 is 0 Å². The lowest BCUT2D eigenvalue weighted by molar-refractivity contribution is -0.145. The number of hydrogen-bond donors (Lipinski definition) is 1. The van der Waals surface area contributed by atoms with Crippen LogP contribution in [0.3, 0.4) is 0 Å². The number of rotatable bonds is 2. The zero-order chi connectivity index (χ0) is 8.27. The predicted octanol–water partition coefficient (Wildman–Crippen LogP) is 0.629. The molecule has 3 nitrogen and oxygen atoms in total. The number of aliphatic hydroxyl groups is 1. The summed E-state index contributed by atoms with van der Waals surface area (Å²) in [5.41, 5.74) is 0. The van der Waals surface area contributed by atoms with Crippen LogP contribution in [-0.4, -0.2) is 23.3 Å². The van der Waals surface area contributed by atoms with Crippen LogP contribution in [0.4, 0.5) is 0 Å². The van der Waals surface area contributed by atoms with Gasteiger partial charge in [-0.1, -0.05) is 6.08 Å². The van der Waals surface area contributed by atoms with Gasteiger partial charge < -0.3 is 9.84 Å². The second-order valence-electron chi connectivity index (χ2n) is 2.78. The largest absolute Gasteiger partial charge is 0.459 e. The first-order chi connectivity index (χ1) is 5.18. The first kappa shape index (κ1) is 8.27. The topological polar surface area (TPSA) is 46.5 Å². The summed E-state index contributed by atoms with van der Waals surface area (Å²) in [4.78, 5) is 10.7. The Morgan fingerprint density at radius 3 is 3.18 bits per heavy atom. The number of cyclic esters (lactones) is 1. The normalized spacial score (nSPS) is 26.4. The van der Waals surface area contributed by atoms with Crippen molar-refractivity contribution in [1.82, 2.24) is 0 Å².